The average Bonchev–Trinajstić information content (AvgIpc) is 2.03. The number of hydrogen-bond donors (Lipinski definition) is 0. The van der Waals surface area contributed by atoms with Gasteiger partial charge in [-0.1, -0.05) is 0 Å². The molecule has 0 aliphatic carbocycles. The summed E-state index contributed by atoms with van der Waals surface area (Å²) in [7, 11) is 0. The van der Waals surface area contributed by atoms with Crippen LogP contribution in [0.4, 0.5) is 8.78 Å². The molecule has 72 valence electrons. The molecular formula is C8H7BrClF2N. The summed E-state index contributed by atoms with van der Waals surface area (Å²) in [4.78, 5) is 3.69. The molecule has 0 spiro atoms. The third-order valence-electron chi connectivity index (χ3n) is 1.67. The smallest absolute Gasteiger partial charge is 0.240 e. The predicted molar refractivity (Wildman–Crippen MR) is 51.2 cm³/mol. The van der Waals surface area contributed by atoms with Crippen molar-refractivity contribution >= 4 is 27.5 Å². The van der Waals surface area contributed by atoms with E-state index in [1.807, 2.05) is 0 Å². The number of alkyl halides is 3. The quantitative estimate of drug-likeness (QED) is 0.588. The van der Waals surface area contributed by atoms with Gasteiger partial charge in [0.05, 0.1) is 5.88 Å². The minimum Gasteiger partial charge on any atom is -0.240 e. The normalized spacial score (nSPS) is 10.9. The van der Waals surface area contributed by atoms with Crippen molar-refractivity contribution in [1.29, 1.82) is 0 Å². The molecule has 0 atom stereocenters. The van der Waals surface area contributed by atoms with Crippen LogP contribution in [0.3, 0.4) is 0 Å². The van der Waals surface area contributed by atoms with Crippen molar-refractivity contribution in [1.82, 2.24) is 4.98 Å². The van der Waals surface area contributed by atoms with Crippen LogP contribution >= 0.6 is 27.5 Å². The lowest BCUT2D eigenvalue weighted by Crippen LogP contribution is -1.97. The van der Waals surface area contributed by atoms with Gasteiger partial charge in [-0.05, 0) is 34.5 Å². The third-order valence-corrected chi connectivity index (χ3v) is 2.60. The molecule has 0 N–H and O–H groups in total. The number of aryl methyl sites for hydroxylation is 1. The minimum atomic E-state index is -2.54. The Bertz CT molecular complexity index is 294. The summed E-state index contributed by atoms with van der Waals surface area (Å²) < 4.78 is 24.9. The molecule has 5 heteroatoms. The highest BCUT2D eigenvalue weighted by molar-refractivity contribution is 9.10. The van der Waals surface area contributed by atoms with Crippen LogP contribution in [-0.4, -0.2) is 4.98 Å². The van der Waals surface area contributed by atoms with Gasteiger partial charge in [0, 0.05) is 5.56 Å². The molecular weight excluding hydrogens is 263 g/mol. The summed E-state index contributed by atoms with van der Waals surface area (Å²) >= 11 is 8.71. The van der Waals surface area contributed by atoms with E-state index in [-0.39, 0.29) is 11.6 Å². The van der Waals surface area contributed by atoms with Crippen LogP contribution in [0.15, 0.2) is 10.7 Å². The van der Waals surface area contributed by atoms with Crippen LogP contribution in [-0.2, 0) is 5.88 Å². The van der Waals surface area contributed by atoms with Gasteiger partial charge in [0.2, 0.25) is 0 Å². The Kier molecular flexibility index (Phi) is 3.62. The summed E-state index contributed by atoms with van der Waals surface area (Å²) in [6.07, 6.45) is -2.54. The number of hydrogen-bond acceptors (Lipinski definition) is 1. The first-order valence-electron chi connectivity index (χ1n) is 3.56. The molecule has 13 heavy (non-hydrogen) atoms. The molecule has 0 aliphatic rings. The molecule has 0 fully saturated rings. The minimum absolute atomic E-state index is 0.224. The topological polar surface area (TPSA) is 12.9 Å². The summed E-state index contributed by atoms with van der Waals surface area (Å²) in [5, 5.41) is 0. The molecule has 0 aromatic carbocycles. The maximum absolute atomic E-state index is 12.2. The fourth-order valence-corrected chi connectivity index (χ4v) is 2.11. The Morgan fingerprint density at radius 2 is 2.23 bits per heavy atom. The van der Waals surface area contributed by atoms with Crippen molar-refractivity contribution in [3.63, 3.8) is 0 Å². The number of rotatable bonds is 2. The second-order valence-electron chi connectivity index (χ2n) is 2.57. The average molecular weight is 271 g/mol. The molecule has 0 saturated heterocycles. The van der Waals surface area contributed by atoms with Gasteiger partial charge < -0.3 is 0 Å². The van der Waals surface area contributed by atoms with Gasteiger partial charge in [0.1, 0.15) is 10.3 Å². The maximum Gasteiger partial charge on any atom is 0.280 e. The zero-order valence-electron chi connectivity index (χ0n) is 6.82. The van der Waals surface area contributed by atoms with E-state index in [1.165, 1.54) is 6.07 Å². The molecule has 0 aliphatic heterocycles. The number of pyridine rings is 1. The van der Waals surface area contributed by atoms with Gasteiger partial charge >= 0.3 is 0 Å². The predicted octanol–water partition coefficient (Wildman–Crippen LogP) is 3.83. The van der Waals surface area contributed by atoms with Crippen molar-refractivity contribution < 1.29 is 8.78 Å². The summed E-state index contributed by atoms with van der Waals surface area (Å²) in [6.45, 7) is 1.73. The van der Waals surface area contributed by atoms with Crippen LogP contribution in [0, 0.1) is 6.92 Å². The summed E-state index contributed by atoms with van der Waals surface area (Å²) in [5.74, 6) is 0.267. The molecule has 1 aromatic rings. The first-order chi connectivity index (χ1) is 6.06. The van der Waals surface area contributed by atoms with Crippen molar-refractivity contribution in [3.05, 3.63) is 27.5 Å². The van der Waals surface area contributed by atoms with Gasteiger partial charge in [-0.2, -0.15) is 0 Å². The van der Waals surface area contributed by atoms with Crippen molar-refractivity contribution in [2.45, 2.75) is 19.2 Å². The van der Waals surface area contributed by atoms with Gasteiger partial charge in [-0.3, -0.25) is 0 Å². The lowest BCUT2D eigenvalue weighted by atomic mass is 10.1. The lowest BCUT2D eigenvalue weighted by molar-refractivity contribution is 0.146. The molecule has 0 amide bonds. The molecule has 1 heterocycles. The van der Waals surface area contributed by atoms with E-state index >= 15 is 0 Å². The molecule has 1 nitrogen and oxygen atoms in total. The van der Waals surface area contributed by atoms with Crippen molar-refractivity contribution in [2.24, 2.45) is 0 Å². The van der Waals surface area contributed by atoms with Gasteiger partial charge in [-0.15, -0.1) is 11.6 Å². The molecule has 0 bridgehead atoms. The monoisotopic (exact) mass is 269 g/mol. The van der Waals surface area contributed by atoms with Gasteiger partial charge in [0.15, 0.2) is 0 Å². The van der Waals surface area contributed by atoms with E-state index in [9.17, 15) is 8.78 Å². The zero-order valence-corrected chi connectivity index (χ0v) is 9.16. The second-order valence-corrected chi connectivity index (χ2v) is 3.59. The Labute approximate surface area is 88.2 Å². The third kappa shape index (κ3) is 2.38. The maximum atomic E-state index is 12.2. The van der Waals surface area contributed by atoms with E-state index in [2.05, 4.69) is 20.9 Å². The van der Waals surface area contributed by atoms with Crippen molar-refractivity contribution in [3.8, 4) is 0 Å². The van der Waals surface area contributed by atoms with Crippen LogP contribution in [0.1, 0.15) is 23.2 Å². The van der Waals surface area contributed by atoms with Gasteiger partial charge in [0.25, 0.3) is 6.43 Å². The van der Waals surface area contributed by atoms with Gasteiger partial charge in [-0.25, -0.2) is 13.8 Å². The Morgan fingerprint density at radius 3 is 2.62 bits per heavy atom. The van der Waals surface area contributed by atoms with E-state index < -0.39 is 6.43 Å². The first-order valence-corrected chi connectivity index (χ1v) is 4.89. The van der Waals surface area contributed by atoms with Crippen LogP contribution in [0.5, 0.6) is 0 Å². The van der Waals surface area contributed by atoms with E-state index in [4.69, 9.17) is 11.6 Å². The highest BCUT2D eigenvalue weighted by Crippen LogP contribution is 2.25. The number of nitrogens with zero attached hydrogens (tertiary/aromatic N) is 1. The van der Waals surface area contributed by atoms with Crippen LogP contribution < -0.4 is 0 Å². The van der Waals surface area contributed by atoms with E-state index in [0.29, 0.717) is 4.60 Å². The Balaban J connectivity index is 3.20. The molecule has 0 unspecified atom stereocenters. The van der Waals surface area contributed by atoms with Crippen LogP contribution in [0.2, 0.25) is 0 Å². The summed E-state index contributed by atoms with van der Waals surface area (Å²) in [5.41, 5.74) is 1.26. The first kappa shape index (κ1) is 10.9. The number of aromatic nitrogens is 1. The van der Waals surface area contributed by atoms with Crippen molar-refractivity contribution in [2.75, 3.05) is 0 Å². The SMILES string of the molecule is Cc1cc(C(F)F)nc(Br)c1CCl. The summed E-state index contributed by atoms with van der Waals surface area (Å²) in [6, 6.07) is 1.35. The van der Waals surface area contributed by atoms with E-state index in [0.717, 1.165) is 11.1 Å². The Hall–Kier alpha value is -0.220. The fourth-order valence-electron chi connectivity index (χ4n) is 0.957. The Morgan fingerprint density at radius 1 is 1.62 bits per heavy atom. The molecule has 0 saturated carbocycles. The molecule has 0 radical (unpaired) electrons. The second kappa shape index (κ2) is 4.33. The largest absolute Gasteiger partial charge is 0.280 e. The fraction of sp³-hybridized carbons (Fsp3) is 0.375. The van der Waals surface area contributed by atoms with Crippen LogP contribution in [0.25, 0.3) is 0 Å². The standard InChI is InChI=1S/C8H7BrClF2N/c1-4-2-6(8(11)12)13-7(9)5(4)3-10/h2,8H,3H2,1H3. The van der Waals surface area contributed by atoms with E-state index in [1.54, 1.807) is 6.92 Å². The lowest BCUT2D eigenvalue weighted by Gasteiger charge is -2.07. The highest BCUT2D eigenvalue weighted by Gasteiger charge is 2.13. The number of halogens is 4. The zero-order chi connectivity index (χ0) is 10.0. The molecule has 1 rings (SSSR count). The molecule has 1 aromatic heterocycles. The highest BCUT2D eigenvalue weighted by atomic mass is 79.9.